The van der Waals surface area contributed by atoms with Gasteiger partial charge in [-0.1, -0.05) is 0 Å². The van der Waals surface area contributed by atoms with Gasteiger partial charge in [0, 0.05) is 19.3 Å². The fourth-order valence-corrected chi connectivity index (χ4v) is 2.83. The SMILES string of the molecule is CC(C)(C)OC(=O)N1CCCC(n2cnc3ncccc32)C1. The van der Waals surface area contributed by atoms with Crippen LogP contribution in [0.3, 0.4) is 0 Å². The van der Waals surface area contributed by atoms with E-state index in [0.717, 1.165) is 30.6 Å². The van der Waals surface area contributed by atoms with Gasteiger partial charge >= 0.3 is 6.09 Å². The zero-order chi connectivity index (χ0) is 15.7. The summed E-state index contributed by atoms with van der Waals surface area (Å²) in [7, 11) is 0. The van der Waals surface area contributed by atoms with Gasteiger partial charge in [-0.15, -0.1) is 0 Å². The maximum Gasteiger partial charge on any atom is 0.410 e. The van der Waals surface area contributed by atoms with Crippen LogP contribution in [-0.2, 0) is 4.74 Å². The zero-order valence-electron chi connectivity index (χ0n) is 13.3. The lowest BCUT2D eigenvalue weighted by atomic mass is 10.1. The Bertz CT molecular complexity index is 674. The molecular weight excluding hydrogens is 280 g/mol. The molecule has 6 heteroatoms. The molecule has 1 fully saturated rings. The Morgan fingerprint density at radius 1 is 1.36 bits per heavy atom. The lowest BCUT2D eigenvalue weighted by molar-refractivity contribution is 0.0174. The van der Waals surface area contributed by atoms with Crippen molar-refractivity contribution in [2.45, 2.75) is 45.3 Å². The van der Waals surface area contributed by atoms with E-state index in [4.69, 9.17) is 4.74 Å². The number of ether oxygens (including phenoxy) is 1. The Labute approximate surface area is 130 Å². The highest BCUT2D eigenvalue weighted by Crippen LogP contribution is 2.26. The molecule has 0 radical (unpaired) electrons. The molecule has 1 aliphatic rings. The van der Waals surface area contributed by atoms with Crippen LogP contribution in [-0.4, -0.2) is 44.2 Å². The number of fused-ring (bicyclic) bond motifs is 1. The fourth-order valence-electron chi connectivity index (χ4n) is 2.83. The molecule has 3 heterocycles. The van der Waals surface area contributed by atoms with Crippen molar-refractivity contribution in [1.82, 2.24) is 19.4 Å². The van der Waals surface area contributed by atoms with Crippen molar-refractivity contribution in [3.8, 4) is 0 Å². The minimum absolute atomic E-state index is 0.218. The molecule has 1 atom stereocenters. The topological polar surface area (TPSA) is 60.2 Å². The molecule has 0 saturated carbocycles. The van der Waals surface area contributed by atoms with Crippen molar-refractivity contribution in [2.24, 2.45) is 0 Å². The van der Waals surface area contributed by atoms with Gasteiger partial charge in [0.15, 0.2) is 5.65 Å². The first-order chi connectivity index (χ1) is 10.4. The number of aromatic nitrogens is 3. The number of carbonyl (C=O) groups is 1. The predicted molar refractivity (Wildman–Crippen MR) is 83.6 cm³/mol. The second-order valence-corrected chi connectivity index (χ2v) is 6.72. The van der Waals surface area contributed by atoms with Gasteiger partial charge in [-0.25, -0.2) is 14.8 Å². The lowest BCUT2D eigenvalue weighted by Crippen LogP contribution is -2.43. The van der Waals surface area contributed by atoms with E-state index in [9.17, 15) is 4.79 Å². The van der Waals surface area contributed by atoms with Gasteiger partial charge in [0.05, 0.1) is 17.9 Å². The van der Waals surface area contributed by atoms with Gasteiger partial charge in [0.25, 0.3) is 0 Å². The van der Waals surface area contributed by atoms with Gasteiger partial charge in [0.1, 0.15) is 5.60 Å². The van der Waals surface area contributed by atoms with E-state index < -0.39 is 5.60 Å². The normalized spacial score (nSPS) is 19.4. The Kier molecular flexibility index (Phi) is 3.76. The standard InChI is InChI=1S/C16H22N4O2/c1-16(2,3)22-15(21)19-9-5-6-12(10-19)20-11-18-14-13(20)7-4-8-17-14/h4,7-8,11-12H,5-6,9-10H2,1-3H3. The van der Waals surface area contributed by atoms with E-state index >= 15 is 0 Å². The number of pyridine rings is 1. The quantitative estimate of drug-likeness (QED) is 0.812. The van der Waals surface area contributed by atoms with E-state index in [2.05, 4.69) is 14.5 Å². The van der Waals surface area contributed by atoms with Crippen molar-refractivity contribution >= 4 is 17.3 Å². The molecule has 2 aromatic rings. The number of carbonyl (C=O) groups excluding carboxylic acids is 1. The van der Waals surface area contributed by atoms with Crippen molar-refractivity contribution in [3.63, 3.8) is 0 Å². The Morgan fingerprint density at radius 3 is 2.95 bits per heavy atom. The molecule has 0 aromatic carbocycles. The second-order valence-electron chi connectivity index (χ2n) is 6.72. The molecule has 1 unspecified atom stereocenters. The van der Waals surface area contributed by atoms with Crippen molar-refractivity contribution in [3.05, 3.63) is 24.7 Å². The maximum atomic E-state index is 12.3. The predicted octanol–water partition coefficient (Wildman–Crippen LogP) is 3.00. The molecule has 1 saturated heterocycles. The first kappa shape index (κ1) is 14.8. The number of piperidine rings is 1. The highest BCUT2D eigenvalue weighted by Gasteiger charge is 2.28. The van der Waals surface area contributed by atoms with E-state index in [1.165, 1.54) is 0 Å². The summed E-state index contributed by atoms with van der Waals surface area (Å²) in [5.41, 5.74) is 1.30. The monoisotopic (exact) mass is 302 g/mol. The van der Waals surface area contributed by atoms with Crippen LogP contribution in [0.1, 0.15) is 39.7 Å². The maximum absolute atomic E-state index is 12.3. The van der Waals surface area contributed by atoms with Gasteiger partial charge in [0.2, 0.25) is 0 Å². The van der Waals surface area contributed by atoms with E-state index in [0.29, 0.717) is 6.54 Å². The lowest BCUT2D eigenvalue weighted by Gasteiger charge is -2.34. The summed E-state index contributed by atoms with van der Waals surface area (Å²) in [5, 5.41) is 0. The van der Waals surface area contributed by atoms with Crippen LogP contribution >= 0.6 is 0 Å². The molecule has 1 aliphatic heterocycles. The van der Waals surface area contributed by atoms with Crippen LogP contribution in [0, 0.1) is 0 Å². The zero-order valence-corrected chi connectivity index (χ0v) is 13.3. The van der Waals surface area contributed by atoms with Crippen LogP contribution in [0.15, 0.2) is 24.7 Å². The molecule has 1 amide bonds. The molecule has 0 aliphatic carbocycles. The van der Waals surface area contributed by atoms with Crippen LogP contribution in [0.25, 0.3) is 11.2 Å². The molecule has 0 bridgehead atoms. The molecule has 0 N–H and O–H groups in total. The Balaban J connectivity index is 1.77. The van der Waals surface area contributed by atoms with Gasteiger partial charge in [-0.3, -0.25) is 0 Å². The highest BCUT2D eigenvalue weighted by molar-refractivity contribution is 5.71. The first-order valence-electron chi connectivity index (χ1n) is 7.69. The third-order valence-corrected chi connectivity index (χ3v) is 3.79. The summed E-state index contributed by atoms with van der Waals surface area (Å²) in [4.78, 5) is 22.7. The molecule has 2 aromatic heterocycles. The van der Waals surface area contributed by atoms with Crippen LogP contribution < -0.4 is 0 Å². The number of hydrogen-bond acceptors (Lipinski definition) is 4. The minimum atomic E-state index is -0.463. The second kappa shape index (κ2) is 5.59. The van der Waals surface area contributed by atoms with Gasteiger partial charge in [-0.05, 0) is 45.7 Å². The molecule has 3 rings (SSSR count). The van der Waals surface area contributed by atoms with Gasteiger partial charge < -0.3 is 14.2 Å². The van der Waals surface area contributed by atoms with Crippen molar-refractivity contribution in [2.75, 3.05) is 13.1 Å². The number of rotatable bonds is 1. The summed E-state index contributed by atoms with van der Waals surface area (Å²) >= 11 is 0. The largest absolute Gasteiger partial charge is 0.444 e. The van der Waals surface area contributed by atoms with Crippen molar-refractivity contribution < 1.29 is 9.53 Å². The minimum Gasteiger partial charge on any atom is -0.444 e. The molecule has 6 nitrogen and oxygen atoms in total. The average molecular weight is 302 g/mol. The average Bonchev–Trinajstić information content (AvgIpc) is 2.89. The highest BCUT2D eigenvalue weighted by atomic mass is 16.6. The molecular formula is C16H22N4O2. The third-order valence-electron chi connectivity index (χ3n) is 3.79. The summed E-state index contributed by atoms with van der Waals surface area (Å²) < 4.78 is 7.60. The smallest absolute Gasteiger partial charge is 0.410 e. The van der Waals surface area contributed by atoms with Gasteiger partial charge in [-0.2, -0.15) is 0 Å². The first-order valence-corrected chi connectivity index (χ1v) is 7.69. The third kappa shape index (κ3) is 3.05. The fraction of sp³-hybridized carbons (Fsp3) is 0.562. The van der Waals surface area contributed by atoms with Crippen molar-refractivity contribution in [1.29, 1.82) is 0 Å². The Hall–Kier alpha value is -2.11. The number of likely N-dealkylation sites (tertiary alicyclic amines) is 1. The Morgan fingerprint density at radius 2 is 2.18 bits per heavy atom. The van der Waals surface area contributed by atoms with Crippen LogP contribution in [0.5, 0.6) is 0 Å². The summed E-state index contributed by atoms with van der Waals surface area (Å²) in [5.74, 6) is 0. The number of hydrogen-bond donors (Lipinski definition) is 0. The summed E-state index contributed by atoms with van der Waals surface area (Å²) in [6.07, 6.45) is 5.32. The number of imidazole rings is 1. The number of amides is 1. The van der Waals surface area contributed by atoms with E-state index in [1.54, 1.807) is 11.1 Å². The van der Waals surface area contributed by atoms with E-state index in [1.807, 2.05) is 39.2 Å². The number of nitrogens with zero attached hydrogens (tertiary/aromatic N) is 4. The van der Waals surface area contributed by atoms with Crippen LogP contribution in [0.4, 0.5) is 4.79 Å². The summed E-state index contributed by atoms with van der Waals surface area (Å²) in [6, 6.07) is 4.15. The van der Waals surface area contributed by atoms with E-state index in [-0.39, 0.29) is 12.1 Å². The summed E-state index contributed by atoms with van der Waals surface area (Å²) in [6.45, 7) is 7.07. The van der Waals surface area contributed by atoms with Crippen LogP contribution in [0.2, 0.25) is 0 Å². The molecule has 0 spiro atoms. The molecule has 118 valence electrons. The molecule has 22 heavy (non-hydrogen) atoms.